The predicted octanol–water partition coefficient (Wildman–Crippen LogP) is 2.27. The molecule has 2 N–H and O–H groups in total. The van der Waals surface area contributed by atoms with Crippen molar-refractivity contribution in [3.05, 3.63) is 51.9 Å². The molecule has 1 aliphatic heterocycles. The van der Waals surface area contributed by atoms with Gasteiger partial charge in [-0.2, -0.15) is 4.31 Å². The van der Waals surface area contributed by atoms with Crippen LogP contribution in [0.4, 0.5) is 10.1 Å². The highest BCUT2D eigenvalue weighted by Crippen LogP contribution is 2.34. The van der Waals surface area contributed by atoms with Crippen LogP contribution in [0.5, 0.6) is 5.75 Å². The van der Waals surface area contributed by atoms with Crippen LogP contribution < -0.4 is 4.74 Å². The lowest BCUT2D eigenvalue weighted by molar-refractivity contribution is -0.0641. The number of thiophene rings is 1. The third kappa shape index (κ3) is 3.80. The fourth-order valence-electron chi connectivity index (χ4n) is 2.69. The maximum atomic E-state index is 13.8. The molecule has 0 amide bonds. The van der Waals surface area contributed by atoms with Gasteiger partial charge in [0.1, 0.15) is 27.5 Å². The van der Waals surface area contributed by atoms with Crippen molar-refractivity contribution >= 4 is 38.6 Å². The van der Waals surface area contributed by atoms with E-state index in [0.29, 0.717) is 4.34 Å². The Labute approximate surface area is 164 Å². The molecule has 1 aromatic carbocycles. The van der Waals surface area contributed by atoms with E-state index in [-0.39, 0.29) is 22.2 Å². The number of aliphatic hydroxyl groups is 2. The molecule has 11 heteroatoms. The van der Waals surface area contributed by atoms with Crippen LogP contribution in [0.2, 0.25) is 4.34 Å². The topological polar surface area (TPSA) is 91.4 Å². The molecule has 1 aliphatic rings. The second-order valence-electron chi connectivity index (χ2n) is 5.95. The monoisotopic (exact) mass is 432 g/mol. The minimum absolute atomic E-state index is 0.000828. The lowest BCUT2D eigenvalue weighted by atomic mass is 10.0. The van der Waals surface area contributed by atoms with E-state index in [1.807, 2.05) is 0 Å². The summed E-state index contributed by atoms with van der Waals surface area (Å²) in [7, 11) is -3.94. The summed E-state index contributed by atoms with van der Waals surface area (Å²) in [6.45, 7) is 5.44. The number of nitrogens with zero attached hydrogens (tertiary/aromatic N) is 2. The van der Waals surface area contributed by atoms with E-state index in [2.05, 4.69) is 4.85 Å². The molecule has 0 saturated carbocycles. The molecule has 2 heterocycles. The van der Waals surface area contributed by atoms with E-state index in [4.69, 9.17) is 22.9 Å². The van der Waals surface area contributed by atoms with Gasteiger partial charge in [-0.05, 0) is 24.3 Å². The number of halogens is 2. The summed E-state index contributed by atoms with van der Waals surface area (Å²) in [4.78, 5) is 3.00. The van der Waals surface area contributed by atoms with E-state index in [9.17, 15) is 23.0 Å². The van der Waals surface area contributed by atoms with Crippen molar-refractivity contribution in [2.45, 2.75) is 15.9 Å². The van der Waals surface area contributed by atoms with Gasteiger partial charge in [-0.3, -0.25) is 0 Å². The predicted molar refractivity (Wildman–Crippen MR) is 97.2 cm³/mol. The first kappa shape index (κ1) is 20.0. The first-order valence-corrected chi connectivity index (χ1v) is 10.3. The second-order valence-corrected chi connectivity index (χ2v) is 9.83. The maximum absolute atomic E-state index is 13.8. The van der Waals surface area contributed by atoms with E-state index < -0.39 is 40.7 Å². The minimum Gasteiger partial charge on any atom is -0.486 e. The average Bonchev–Trinajstić information content (AvgIpc) is 3.20. The van der Waals surface area contributed by atoms with E-state index in [1.165, 1.54) is 24.3 Å². The van der Waals surface area contributed by atoms with Crippen LogP contribution in [0.1, 0.15) is 0 Å². The smallest absolute Gasteiger partial charge is 0.252 e. The summed E-state index contributed by atoms with van der Waals surface area (Å²) in [5.41, 5.74) is -2.06. The first-order chi connectivity index (χ1) is 12.7. The SMILES string of the molecule is [C-]#[N+]c1ccc(O[C@H]2CN(S(=O)(=O)c3ccc(Cl)s3)C[C@@]2(O)CO)cc1F. The zero-order valence-electron chi connectivity index (χ0n) is 13.7. The lowest BCUT2D eigenvalue weighted by Crippen LogP contribution is -2.48. The summed E-state index contributed by atoms with van der Waals surface area (Å²) >= 11 is 6.67. The van der Waals surface area contributed by atoms with Gasteiger partial charge in [0.2, 0.25) is 5.69 Å². The highest BCUT2D eigenvalue weighted by Gasteiger charge is 2.51. The molecule has 0 radical (unpaired) electrons. The first-order valence-electron chi connectivity index (χ1n) is 7.62. The summed E-state index contributed by atoms with van der Waals surface area (Å²) in [6, 6.07) is 6.33. The highest BCUT2D eigenvalue weighted by atomic mass is 35.5. The summed E-state index contributed by atoms with van der Waals surface area (Å²) in [5.74, 6) is -0.791. The Morgan fingerprint density at radius 3 is 2.74 bits per heavy atom. The number of β-amino-alcohol motifs (C(OH)–C–C–N with tert-alkyl or cyclic N) is 1. The van der Waals surface area contributed by atoms with Crippen molar-refractivity contribution in [1.29, 1.82) is 0 Å². The van der Waals surface area contributed by atoms with Gasteiger partial charge in [0, 0.05) is 12.6 Å². The number of aliphatic hydroxyl groups excluding tert-OH is 1. The Kier molecular flexibility index (Phi) is 5.45. The van der Waals surface area contributed by atoms with Crippen molar-refractivity contribution in [1.82, 2.24) is 4.31 Å². The number of benzene rings is 1. The van der Waals surface area contributed by atoms with Gasteiger partial charge in [-0.25, -0.2) is 17.7 Å². The zero-order chi connectivity index (χ0) is 19.8. The Hall–Kier alpha value is -1.74. The third-order valence-electron chi connectivity index (χ3n) is 4.15. The molecule has 2 aromatic rings. The summed E-state index contributed by atoms with van der Waals surface area (Å²) in [6.07, 6.45) is -1.13. The molecule has 2 atom stereocenters. The summed E-state index contributed by atoms with van der Waals surface area (Å²) in [5, 5.41) is 20.2. The molecular weight excluding hydrogens is 419 g/mol. The maximum Gasteiger partial charge on any atom is 0.252 e. The molecule has 0 aliphatic carbocycles. The van der Waals surface area contributed by atoms with Crippen LogP contribution >= 0.6 is 22.9 Å². The molecule has 1 saturated heterocycles. The van der Waals surface area contributed by atoms with Crippen molar-refractivity contribution in [2.24, 2.45) is 0 Å². The van der Waals surface area contributed by atoms with Gasteiger partial charge in [0.05, 0.1) is 24.1 Å². The van der Waals surface area contributed by atoms with Crippen LogP contribution in [-0.4, -0.2) is 54.3 Å². The minimum atomic E-state index is -3.94. The number of hydrogen-bond acceptors (Lipinski definition) is 6. The van der Waals surface area contributed by atoms with Crippen molar-refractivity contribution in [2.75, 3.05) is 19.7 Å². The molecule has 7 nitrogen and oxygen atoms in total. The molecule has 0 unspecified atom stereocenters. The van der Waals surface area contributed by atoms with Gasteiger partial charge in [-0.1, -0.05) is 11.6 Å². The number of hydrogen-bond donors (Lipinski definition) is 2. The third-order valence-corrected chi connectivity index (χ3v) is 7.66. The van der Waals surface area contributed by atoms with Gasteiger partial charge >= 0.3 is 0 Å². The second kappa shape index (κ2) is 7.35. The summed E-state index contributed by atoms with van der Waals surface area (Å²) < 4.78 is 46.0. The van der Waals surface area contributed by atoms with Crippen molar-refractivity contribution in [3.63, 3.8) is 0 Å². The van der Waals surface area contributed by atoms with Gasteiger partial charge in [0.25, 0.3) is 10.0 Å². The lowest BCUT2D eigenvalue weighted by Gasteiger charge is -2.27. The quantitative estimate of drug-likeness (QED) is 0.707. The molecule has 3 rings (SSSR count). The van der Waals surface area contributed by atoms with Gasteiger partial charge < -0.3 is 14.9 Å². The van der Waals surface area contributed by atoms with E-state index in [1.54, 1.807) is 0 Å². The average molecular weight is 433 g/mol. The van der Waals surface area contributed by atoms with E-state index in [0.717, 1.165) is 21.7 Å². The molecule has 144 valence electrons. The molecule has 0 spiro atoms. The van der Waals surface area contributed by atoms with Crippen molar-refractivity contribution in [3.8, 4) is 5.75 Å². The molecule has 27 heavy (non-hydrogen) atoms. The molecular formula is C16H14ClFN2O5S2. The Morgan fingerprint density at radius 2 is 2.19 bits per heavy atom. The normalized spacial score (nSPS) is 23.3. The van der Waals surface area contributed by atoms with Crippen LogP contribution in [0, 0.1) is 12.4 Å². The number of ether oxygens (including phenoxy) is 1. The zero-order valence-corrected chi connectivity index (χ0v) is 16.1. The molecule has 1 fully saturated rings. The van der Waals surface area contributed by atoms with Crippen LogP contribution in [0.25, 0.3) is 4.85 Å². The fourth-order valence-corrected chi connectivity index (χ4v) is 5.83. The van der Waals surface area contributed by atoms with Crippen LogP contribution in [0.15, 0.2) is 34.5 Å². The number of rotatable bonds is 5. The van der Waals surface area contributed by atoms with Crippen LogP contribution in [0.3, 0.4) is 0 Å². The molecule has 1 aromatic heterocycles. The molecule has 0 bridgehead atoms. The van der Waals surface area contributed by atoms with Gasteiger partial charge in [0.15, 0.2) is 0 Å². The van der Waals surface area contributed by atoms with Gasteiger partial charge in [-0.15, -0.1) is 11.3 Å². The standard InChI is InChI=1S/C16H14ClFN2O5S2/c1-19-12-3-2-10(6-11(12)18)25-13-7-20(8-16(13,22)9-21)27(23,24)15-5-4-14(17)26-15/h2-6,13,21-22H,7-9H2/t13-,16+/m0/s1. The Balaban J connectivity index is 1.86. The Bertz CT molecular complexity index is 1010. The van der Waals surface area contributed by atoms with Crippen molar-refractivity contribution < 1.29 is 27.8 Å². The largest absolute Gasteiger partial charge is 0.486 e. The Morgan fingerprint density at radius 1 is 1.44 bits per heavy atom. The van der Waals surface area contributed by atoms with Crippen LogP contribution in [-0.2, 0) is 10.0 Å². The van der Waals surface area contributed by atoms with E-state index >= 15 is 0 Å². The highest BCUT2D eigenvalue weighted by molar-refractivity contribution is 7.91. The number of sulfonamides is 1. The fraction of sp³-hybridized carbons (Fsp3) is 0.312.